The average molecular weight is 264 g/mol. The molecule has 2 rings (SSSR count). The van der Waals surface area contributed by atoms with Crippen LogP contribution in [0.3, 0.4) is 0 Å². The average Bonchev–Trinajstić information content (AvgIpc) is 2.37. The van der Waals surface area contributed by atoms with Crippen molar-refractivity contribution in [2.45, 2.75) is 32.7 Å². The summed E-state index contributed by atoms with van der Waals surface area (Å²) in [6.45, 7) is 4.42. The fraction of sp³-hybridized carbons (Fsp3) is 0.583. The van der Waals surface area contributed by atoms with Gasteiger partial charge in [-0.3, -0.25) is 4.79 Å². The molecule has 1 aliphatic rings. The number of nitrogen functional groups attached to an aromatic ring is 1. The molecule has 0 bridgehead atoms. The lowest BCUT2D eigenvalue weighted by Crippen LogP contribution is -2.43. The van der Waals surface area contributed by atoms with Gasteiger partial charge in [0.15, 0.2) is 0 Å². The van der Waals surface area contributed by atoms with Crippen LogP contribution in [0.25, 0.3) is 0 Å². The summed E-state index contributed by atoms with van der Waals surface area (Å²) in [5.41, 5.74) is 3.46. The summed E-state index contributed by atoms with van der Waals surface area (Å²) in [7, 11) is 1.82. The van der Waals surface area contributed by atoms with Gasteiger partial charge >= 0.3 is 0 Å². The quantitative estimate of drug-likeness (QED) is 0.540. The van der Waals surface area contributed by atoms with Gasteiger partial charge in [-0.1, -0.05) is 0 Å². The number of aryl methyl sites for hydroxylation is 1. The Morgan fingerprint density at radius 3 is 2.63 bits per heavy atom. The van der Waals surface area contributed by atoms with Gasteiger partial charge in [-0.05, 0) is 20.3 Å². The number of carbonyl (C=O) groups excluding carboxylic acids is 1. The van der Waals surface area contributed by atoms with E-state index >= 15 is 0 Å². The molecule has 1 amide bonds. The number of hydrogen-bond donors (Lipinski definition) is 3. The highest BCUT2D eigenvalue weighted by molar-refractivity contribution is 5.77. The molecule has 1 unspecified atom stereocenters. The van der Waals surface area contributed by atoms with Crippen molar-refractivity contribution in [2.24, 2.45) is 5.84 Å². The van der Waals surface area contributed by atoms with Crippen LogP contribution in [0, 0.1) is 13.8 Å². The lowest BCUT2D eigenvalue weighted by atomic mass is 10.1. The van der Waals surface area contributed by atoms with Gasteiger partial charge in [0.1, 0.15) is 17.5 Å². The van der Waals surface area contributed by atoms with Crippen LogP contribution in [-0.2, 0) is 4.79 Å². The SMILES string of the molecule is Cc1nc(NN)c(C)c(NC2CCC(=O)N(C)C2)n1. The number of likely N-dealkylation sites (N-methyl/N-ethyl adjacent to an activating group) is 1. The molecule has 0 aromatic carbocycles. The van der Waals surface area contributed by atoms with Gasteiger partial charge in [-0.2, -0.15) is 0 Å². The summed E-state index contributed by atoms with van der Waals surface area (Å²) in [6, 6.07) is 0.210. The van der Waals surface area contributed by atoms with E-state index < -0.39 is 0 Å². The van der Waals surface area contributed by atoms with E-state index in [0.717, 1.165) is 17.8 Å². The maximum atomic E-state index is 11.5. The Kier molecular flexibility index (Phi) is 3.84. The van der Waals surface area contributed by atoms with Gasteiger partial charge in [0, 0.05) is 31.6 Å². The van der Waals surface area contributed by atoms with Crippen molar-refractivity contribution in [1.82, 2.24) is 14.9 Å². The van der Waals surface area contributed by atoms with E-state index in [0.29, 0.717) is 24.6 Å². The van der Waals surface area contributed by atoms with E-state index in [1.807, 2.05) is 20.9 Å². The van der Waals surface area contributed by atoms with E-state index in [4.69, 9.17) is 5.84 Å². The van der Waals surface area contributed by atoms with Crippen LogP contribution < -0.4 is 16.6 Å². The van der Waals surface area contributed by atoms with Crippen LogP contribution >= 0.6 is 0 Å². The van der Waals surface area contributed by atoms with Crippen molar-refractivity contribution in [3.05, 3.63) is 11.4 Å². The highest BCUT2D eigenvalue weighted by Crippen LogP contribution is 2.22. The smallest absolute Gasteiger partial charge is 0.222 e. The number of rotatable bonds is 3. The van der Waals surface area contributed by atoms with E-state index in [1.54, 1.807) is 4.90 Å². The minimum Gasteiger partial charge on any atom is -0.365 e. The first kappa shape index (κ1) is 13.5. The van der Waals surface area contributed by atoms with Crippen LogP contribution in [0.4, 0.5) is 11.6 Å². The number of nitrogens with one attached hydrogen (secondary N) is 2. The van der Waals surface area contributed by atoms with Gasteiger partial charge in [-0.25, -0.2) is 15.8 Å². The largest absolute Gasteiger partial charge is 0.365 e. The molecule has 0 radical (unpaired) electrons. The molecule has 0 aliphatic carbocycles. The molecule has 7 nitrogen and oxygen atoms in total. The van der Waals surface area contributed by atoms with Crippen molar-refractivity contribution in [3.63, 3.8) is 0 Å². The van der Waals surface area contributed by atoms with Crippen molar-refractivity contribution in [2.75, 3.05) is 24.3 Å². The van der Waals surface area contributed by atoms with Crippen LogP contribution in [0.15, 0.2) is 0 Å². The Balaban J connectivity index is 2.15. The summed E-state index contributed by atoms with van der Waals surface area (Å²) in [4.78, 5) is 21.8. The Labute approximate surface area is 112 Å². The number of likely N-dealkylation sites (tertiary alicyclic amines) is 1. The second kappa shape index (κ2) is 5.40. The third-order valence-corrected chi connectivity index (χ3v) is 3.36. The molecule has 2 heterocycles. The summed E-state index contributed by atoms with van der Waals surface area (Å²) in [5.74, 6) is 7.68. The molecular weight excluding hydrogens is 244 g/mol. The van der Waals surface area contributed by atoms with Crippen LogP contribution in [0.5, 0.6) is 0 Å². The molecule has 4 N–H and O–H groups in total. The van der Waals surface area contributed by atoms with Crippen molar-refractivity contribution in [3.8, 4) is 0 Å². The summed E-state index contributed by atoms with van der Waals surface area (Å²) < 4.78 is 0. The van der Waals surface area contributed by atoms with E-state index in [2.05, 4.69) is 20.7 Å². The summed E-state index contributed by atoms with van der Waals surface area (Å²) in [5, 5.41) is 3.38. The van der Waals surface area contributed by atoms with Gasteiger partial charge in [0.05, 0.1) is 0 Å². The first-order chi connectivity index (χ1) is 9.01. The number of nitrogens with zero attached hydrogens (tertiary/aromatic N) is 3. The molecule has 0 spiro atoms. The molecule has 19 heavy (non-hydrogen) atoms. The number of nitrogens with two attached hydrogens (primary N) is 1. The fourth-order valence-electron chi connectivity index (χ4n) is 2.23. The van der Waals surface area contributed by atoms with Gasteiger partial charge in [0.25, 0.3) is 0 Å². The number of aromatic nitrogens is 2. The summed E-state index contributed by atoms with van der Waals surface area (Å²) in [6.07, 6.45) is 1.39. The molecule has 7 heteroatoms. The Morgan fingerprint density at radius 2 is 2.00 bits per heavy atom. The zero-order valence-corrected chi connectivity index (χ0v) is 11.5. The predicted octanol–water partition coefficient (Wildman–Crippen LogP) is 0.412. The molecule has 104 valence electrons. The second-order valence-corrected chi connectivity index (χ2v) is 4.89. The number of amides is 1. The number of carbonyl (C=O) groups is 1. The predicted molar refractivity (Wildman–Crippen MR) is 73.6 cm³/mol. The Hall–Kier alpha value is -1.89. The molecule has 1 atom stereocenters. The van der Waals surface area contributed by atoms with Gasteiger partial charge < -0.3 is 15.6 Å². The van der Waals surface area contributed by atoms with Gasteiger partial charge in [-0.15, -0.1) is 0 Å². The molecule has 1 aromatic heterocycles. The third kappa shape index (κ3) is 2.93. The molecule has 1 fully saturated rings. The van der Waals surface area contributed by atoms with Crippen LogP contribution in [0.1, 0.15) is 24.2 Å². The Bertz CT molecular complexity index is 489. The van der Waals surface area contributed by atoms with E-state index in [1.165, 1.54) is 0 Å². The molecule has 1 aromatic rings. The number of piperidine rings is 1. The molecule has 0 saturated carbocycles. The first-order valence-corrected chi connectivity index (χ1v) is 6.33. The van der Waals surface area contributed by atoms with Crippen molar-refractivity contribution < 1.29 is 4.79 Å². The number of hydrogen-bond acceptors (Lipinski definition) is 6. The topological polar surface area (TPSA) is 96.2 Å². The monoisotopic (exact) mass is 264 g/mol. The van der Waals surface area contributed by atoms with Crippen LogP contribution in [-0.4, -0.2) is 40.4 Å². The minimum atomic E-state index is 0.193. The van der Waals surface area contributed by atoms with Gasteiger partial charge in [0.2, 0.25) is 5.91 Å². The zero-order chi connectivity index (χ0) is 14.0. The standard InChI is InChI=1S/C12H20N6O/c1-7-11(14-8(2)15-12(7)17-13)16-9-4-5-10(19)18(3)6-9/h9H,4-6,13H2,1-3H3,(H2,14,15,16,17). The molecular formula is C12H20N6O. The third-order valence-electron chi connectivity index (χ3n) is 3.36. The summed E-state index contributed by atoms with van der Waals surface area (Å²) >= 11 is 0. The fourth-order valence-corrected chi connectivity index (χ4v) is 2.23. The minimum absolute atomic E-state index is 0.193. The molecule has 1 saturated heterocycles. The zero-order valence-electron chi connectivity index (χ0n) is 11.5. The second-order valence-electron chi connectivity index (χ2n) is 4.89. The number of anilines is 2. The van der Waals surface area contributed by atoms with Crippen LogP contribution in [0.2, 0.25) is 0 Å². The highest BCUT2D eigenvalue weighted by atomic mass is 16.2. The highest BCUT2D eigenvalue weighted by Gasteiger charge is 2.23. The van der Waals surface area contributed by atoms with Crippen molar-refractivity contribution >= 4 is 17.5 Å². The lowest BCUT2D eigenvalue weighted by Gasteiger charge is -2.31. The van der Waals surface area contributed by atoms with E-state index in [9.17, 15) is 4.79 Å². The maximum absolute atomic E-state index is 11.5. The Morgan fingerprint density at radius 1 is 1.32 bits per heavy atom. The maximum Gasteiger partial charge on any atom is 0.222 e. The normalized spacial score (nSPS) is 19.5. The number of hydrazine groups is 1. The first-order valence-electron chi connectivity index (χ1n) is 6.33. The lowest BCUT2D eigenvalue weighted by molar-refractivity contribution is -0.132. The van der Waals surface area contributed by atoms with Crippen molar-refractivity contribution in [1.29, 1.82) is 0 Å². The molecule has 1 aliphatic heterocycles. The van der Waals surface area contributed by atoms with E-state index in [-0.39, 0.29) is 11.9 Å².